The van der Waals surface area contributed by atoms with Crippen LogP contribution in [0, 0.1) is 18.8 Å². The molecule has 4 atom stereocenters. The van der Waals surface area contributed by atoms with Gasteiger partial charge in [-0.15, -0.1) is 0 Å². The van der Waals surface area contributed by atoms with Crippen molar-refractivity contribution < 1.29 is 14.3 Å². The summed E-state index contributed by atoms with van der Waals surface area (Å²) in [6.45, 7) is 8.22. The van der Waals surface area contributed by atoms with Gasteiger partial charge >= 0.3 is 0 Å². The normalized spacial score (nSPS) is 26.8. The van der Waals surface area contributed by atoms with Crippen LogP contribution in [0.1, 0.15) is 57.6 Å². The molecule has 5 heteroatoms. The van der Waals surface area contributed by atoms with Gasteiger partial charge in [0.1, 0.15) is 11.8 Å². The molecule has 0 heterocycles. The number of aryl methyl sites for hydroxylation is 1. The minimum absolute atomic E-state index is 0.125. The van der Waals surface area contributed by atoms with E-state index in [4.69, 9.17) is 10.5 Å². The van der Waals surface area contributed by atoms with E-state index in [0.29, 0.717) is 18.3 Å². The van der Waals surface area contributed by atoms with Crippen LogP contribution >= 0.6 is 0 Å². The van der Waals surface area contributed by atoms with E-state index in [1.807, 2.05) is 6.07 Å². The van der Waals surface area contributed by atoms with Crippen molar-refractivity contribution in [1.29, 1.82) is 0 Å². The lowest BCUT2D eigenvalue weighted by Gasteiger charge is -2.47. The Labute approximate surface area is 156 Å². The van der Waals surface area contributed by atoms with Gasteiger partial charge in [-0.25, -0.2) is 0 Å². The monoisotopic (exact) mass is 360 g/mol. The van der Waals surface area contributed by atoms with Crippen LogP contribution < -0.4 is 15.8 Å². The van der Waals surface area contributed by atoms with Crippen LogP contribution in [0.15, 0.2) is 18.2 Å². The lowest BCUT2D eigenvalue weighted by molar-refractivity contribution is -0.128. The van der Waals surface area contributed by atoms with Crippen LogP contribution in [0.3, 0.4) is 0 Å². The van der Waals surface area contributed by atoms with Gasteiger partial charge in [0.15, 0.2) is 0 Å². The molecule has 2 rings (SSSR count). The summed E-state index contributed by atoms with van der Waals surface area (Å²) < 4.78 is 5.45. The van der Waals surface area contributed by atoms with Crippen LogP contribution in [-0.2, 0) is 15.0 Å². The highest BCUT2D eigenvalue weighted by atomic mass is 16.5. The van der Waals surface area contributed by atoms with Crippen molar-refractivity contribution in [2.24, 2.45) is 17.6 Å². The lowest BCUT2D eigenvalue weighted by atomic mass is 9.57. The van der Waals surface area contributed by atoms with Gasteiger partial charge in [0, 0.05) is 11.8 Å². The van der Waals surface area contributed by atoms with Crippen molar-refractivity contribution >= 4 is 11.8 Å². The van der Waals surface area contributed by atoms with Crippen molar-refractivity contribution in [2.75, 3.05) is 7.11 Å². The fourth-order valence-electron chi connectivity index (χ4n) is 4.40. The Morgan fingerprint density at radius 1 is 1.38 bits per heavy atom. The molecule has 1 aromatic rings. The van der Waals surface area contributed by atoms with E-state index < -0.39 is 11.9 Å². The summed E-state index contributed by atoms with van der Waals surface area (Å²) in [4.78, 5) is 24.1. The Morgan fingerprint density at radius 2 is 2.08 bits per heavy atom. The fraction of sp³-hybridized carbons (Fsp3) is 0.619. The molecule has 1 saturated carbocycles. The van der Waals surface area contributed by atoms with Crippen LogP contribution in [0.25, 0.3) is 0 Å². The first-order valence-corrected chi connectivity index (χ1v) is 9.45. The molecule has 26 heavy (non-hydrogen) atoms. The fourth-order valence-corrected chi connectivity index (χ4v) is 4.40. The second-order valence-corrected chi connectivity index (χ2v) is 7.86. The number of carbonyl (C=O) groups excluding carboxylic acids is 2. The third kappa shape index (κ3) is 4.02. The number of amides is 2. The van der Waals surface area contributed by atoms with Crippen LogP contribution in [0.5, 0.6) is 5.75 Å². The second kappa shape index (κ2) is 8.11. The molecule has 0 bridgehead atoms. The number of benzene rings is 1. The molecular weight excluding hydrogens is 328 g/mol. The molecule has 144 valence electrons. The van der Waals surface area contributed by atoms with Crippen LogP contribution in [-0.4, -0.2) is 25.0 Å². The molecule has 0 saturated heterocycles. The van der Waals surface area contributed by atoms with Gasteiger partial charge in [0.25, 0.3) is 0 Å². The average molecular weight is 360 g/mol. The van der Waals surface area contributed by atoms with Gasteiger partial charge in [0.2, 0.25) is 11.8 Å². The Morgan fingerprint density at radius 3 is 2.69 bits per heavy atom. The summed E-state index contributed by atoms with van der Waals surface area (Å²) in [6, 6.07) is 5.43. The number of carbonyl (C=O) groups is 2. The van der Waals surface area contributed by atoms with Gasteiger partial charge in [-0.3, -0.25) is 9.59 Å². The zero-order valence-electron chi connectivity index (χ0n) is 16.6. The predicted molar refractivity (Wildman–Crippen MR) is 103 cm³/mol. The molecule has 5 nitrogen and oxygen atoms in total. The average Bonchev–Trinajstić information content (AvgIpc) is 2.59. The minimum atomic E-state index is -0.665. The largest absolute Gasteiger partial charge is 0.497 e. The zero-order chi connectivity index (χ0) is 19.5. The standard InChI is InChI=1S/C21H32N2O3/c1-13-7-6-10-21(15(13)3,12-19(24)23-16(4)20(22)25)18-11-17(26-5)9-8-14(18)2/h8-9,11,13,15-16H,6-7,10,12H2,1-5H3,(H2,22,25)(H,23,24)/t13?,15-,16-,21+/m0/s1. The first kappa shape index (κ1) is 20.3. The van der Waals surface area contributed by atoms with Gasteiger partial charge in [-0.05, 0) is 55.4 Å². The molecule has 1 unspecified atom stereocenters. The summed E-state index contributed by atoms with van der Waals surface area (Å²) in [5.74, 6) is 1.03. The minimum Gasteiger partial charge on any atom is -0.497 e. The Balaban J connectivity index is 2.44. The molecule has 1 aliphatic carbocycles. The maximum Gasteiger partial charge on any atom is 0.239 e. The molecule has 0 aromatic heterocycles. The van der Waals surface area contributed by atoms with Gasteiger partial charge in [-0.2, -0.15) is 0 Å². The molecular formula is C21H32N2O3. The first-order chi connectivity index (χ1) is 12.2. The Bertz CT molecular complexity index is 673. The van der Waals surface area contributed by atoms with E-state index in [0.717, 1.165) is 18.6 Å². The van der Waals surface area contributed by atoms with Crippen LogP contribution in [0.4, 0.5) is 0 Å². The SMILES string of the molecule is COc1ccc(C)c([C@@]2(CC(=O)N[C@@H](C)C(N)=O)CCCC(C)[C@@H]2C)c1. The maximum absolute atomic E-state index is 12.8. The van der Waals surface area contributed by atoms with Crippen molar-refractivity contribution in [3.8, 4) is 5.75 Å². The van der Waals surface area contributed by atoms with Crippen molar-refractivity contribution in [1.82, 2.24) is 5.32 Å². The number of hydrogen-bond acceptors (Lipinski definition) is 3. The van der Waals surface area contributed by atoms with Gasteiger partial charge < -0.3 is 15.8 Å². The highest BCUT2D eigenvalue weighted by Gasteiger charge is 2.45. The van der Waals surface area contributed by atoms with E-state index in [9.17, 15) is 9.59 Å². The summed E-state index contributed by atoms with van der Waals surface area (Å²) in [5, 5.41) is 2.76. The zero-order valence-corrected chi connectivity index (χ0v) is 16.6. The van der Waals surface area contributed by atoms with E-state index in [2.05, 4.69) is 38.2 Å². The van der Waals surface area contributed by atoms with E-state index in [1.165, 1.54) is 17.5 Å². The number of rotatable bonds is 6. The predicted octanol–water partition coefficient (Wildman–Crippen LogP) is 3.08. The van der Waals surface area contributed by atoms with Crippen LogP contribution in [0.2, 0.25) is 0 Å². The summed E-state index contributed by atoms with van der Waals surface area (Å²) in [6.07, 6.45) is 3.56. The number of nitrogens with two attached hydrogens (primary N) is 1. The molecule has 1 aromatic carbocycles. The highest BCUT2D eigenvalue weighted by molar-refractivity contribution is 5.86. The van der Waals surface area contributed by atoms with Crippen molar-refractivity contribution in [3.05, 3.63) is 29.3 Å². The molecule has 0 aliphatic heterocycles. The smallest absolute Gasteiger partial charge is 0.239 e. The van der Waals surface area contributed by atoms with Gasteiger partial charge in [-0.1, -0.05) is 32.8 Å². The molecule has 1 aliphatic rings. The topological polar surface area (TPSA) is 81.4 Å². The van der Waals surface area contributed by atoms with Gasteiger partial charge in [0.05, 0.1) is 7.11 Å². The summed E-state index contributed by atoms with van der Waals surface area (Å²) in [7, 11) is 1.66. The second-order valence-electron chi connectivity index (χ2n) is 7.86. The highest BCUT2D eigenvalue weighted by Crippen LogP contribution is 2.50. The number of hydrogen-bond donors (Lipinski definition) is 2. The molecule has 1 fully saturated rings. The van der Waals surface area contributed by atoms with Crippen molar-refractivity contribution in [2.45, 2.75) is 64.8 Å². The van der Waals surface area contributed by atoms with Crippen molar-refractivity contribution in [3.63, 3.8) is 0 Å². The Kier molecular flexibility index (Phi) is 6.32. The molecule has 3 N–H and O–H groups in total. The third-order valence-electron chi connectivity index (χ3n) is 6.27. The maximum atomic E-state index is 12.8. The van der Waals surface area contributed by atoms with E-state index in [1.54, 1.807) is 14.0 Å². The number of ether oxygens (including phenoxy) is 1. The lowest BCUT2D eigenvalue weighted by Crippen LogP contribution is -2.48. The quantitative estimate of drug-likeness (QED) is 0.818. The Hall–Kier alpha value is -2.04. The molecule has 0 radical (unpaired) electrons. The van der Waals surface area contributed by atoms with E-state index >= 15 is 0 Å². The number of primary amides is 1. The number of methoxy groups -OCH3 is 1. The van der Waals surface area contributed by atoms with E-state index in [-0.39, 0.29) is 11.3 Å². The summed E-state index contributed by atoms with van der Waals surface area (Å²) in [5.41, 5.74) is 7.38. The molecule has 2 amide bonds. The molecule has 0 spiro atoms. The number of nitrogens with one attached hydrogen (secondary N) is 1. The summed E-state index contributed by atoms with van der Waals surface area (Å²) >= 11 is 0. The third-order valence-corrected chi connectivity index (χ3v) is 6.27. The first-order valence-electron chi connectivity index (χ1n) is 9.45.